The fourth-order valence-electron chi connectivity index (χ4n) is 8.73. The highest BCUT2D eigenvalue weighted by Crippen LogP contribution is 2.44. The third-order valence-corrected chi connectivity index (χ3v) is 12.2. The average Bonchev–Trinajstić information content (AvgIpc) is 3.76. The van der Waals surface area contributed by atoms with Crippen LogP contribution < -0.4 is 0 Å². The molecular weight excluding hydrogens is 872 g/mol. The molecule has 0 spiro atoms. The molecule has 66 heavy (non-hydrogen) atoms. The molecule has 5 saturated heterocycles. The molecule has 16 atom stereocenters. The van der Waals surface area contributed by atoms with E-state index in [4.69, 9.17) is 56.8 Å². The highest BCUT2D eigenvalue weighted by atomic mass is 16.9. The van der Waals surface area contributed by atoms with Crippen LogP contribution in [0.1, 0.15) is 132 Å². The van der Waals surface area contributed by atoms with E-state index in [-0.39, 0.29) is 25.3 Å². The van der Waals surface area contributed by atoms with E-state index < -0.39 is 122 Å². The first kappa shape index (κ1) is 54.5. The third-order valence-electron chi connectivity index (χ3n) is 12.2. The second-order valence-electron chi connectivity index (χ2n) is 18.9. The quantitative estimate of drug-likeness (QED) is 0.0381. The van der Waals surface area contributed by atoms with Gasteiger partial charge in [0.15, 0.2) is 30.4 Å². The van der Waals surface area contributed by atoms with Crippen LogP contribution in [0.25, 0.3) is 0 Å². The Balaban J connectivity index is 0.919. The fraction of sp³-hybridized carbons (Fsp3) is 0.891. The molecule has 5 fully saturated rings. The first-order chi connectivity index (χ1) is 31.2. The molecule has 5 aliphatic rings. The van der Waals surface area contributed by atoms with Crippen molar-refractivity contribution in [2.45, 2.75) is 242 Å². The molecule has 1 unspecified atom stereocenters. The summed E-state index contributed by atoms with van der Waals surface area (Å²) in [6, 6.07) is 0. The molecule has 0 amide bonds. The van der Waals surface area contributed by atoms with Gasteiger partial charge in [-0.25, -0.2) is 0 Å². The van der Waals surface area contributed by atoms with Crippen molar-refractivity contribution in [1.82, 2.24) is 0 Å². The molecule has 380 valence electrons. The number of allylic oxidation sites excluding steroid dienone is 2. The molecule has 0 radical (unpaired) electrons. The first-order valence-electron chi connectivity index (χ1n) is 23.7. The van der Waals surface area contributed by atoms with Gasteiger partial charge in [0.05, 0.1) is 6.10 Å². The maximum absolute atomic E-state index is 12.6. The minimum absolute atomic E-state index is 0.0551. The van der Waals surface area contributed by atoms with Gasteiger partial charge in [0.1, 0.15) is 93.1 Å². The summed E-state index contributed by atoms with van der Waals surface area (Å²) >= 11 is 0. The zero-order valence-electron chi connectivity index (χ0n) is 39.6. The van der Waals surface area contributed by atoms with Gasteiger partial charge in [-0.05, 0) is 73.1 Å². The molecule has 5 N–H and O–H groups in total. The number of aliphatic hydroxyl groups is 5. The van der Waals surface area contributed by atoms with Crippen LogP contribution in [0.5, 0.6) is 0 Å². The van der Waals surface area contributed by atoms with Crippen molar-refractivity contribution >= 4 is 17.9 Å². The molecule has 0 aliphatic carbocycles. The second-order valence-corrected chi connectivity index (χ2v) is 18.9. The van der Waals surface area contributed by atoms with Crippen LogP contribution in [0.4, 0.5) is 0 Å². The summed E-state index contributed by atoms with van der Waals surface area (Å²) in [4.78, 5) is 35.4. The van der Waals surface area contributed by atoms with Crippen molar-refractivity contribution in [2.75, 3.05) is 19.8 Å². The van der Waals surface area contributed by atoms with Crippen molar-refractivity contribution in [3.05, 3.63) is 12.2 Å². The Morgan fingerprint density at radius 1 is 0.561 bits per heavy atom. The monoisotopic (exact) mass is 948 g/mol. The Kier molecular flexibility index (Phi) is 21.0. The first-order valence-corrected chi connectivity index (χ1v) is 23.7. The predicted octanol–water partition coefficient (Wildman–Crippen LogP) is 2.72. The van der Waals surface area contributed by atoms with Crippen molar-refractivity contribution in [3.8, 4) is 0 Å². The Labute approximate surface area is 387 Å². The summed E-state index contributed by atoms with van der Waals surface area (Å²) in [6.45, 7) is 10.7. The predicted molar refractivity (Wildman–Crippen MR) is 229 cm³/mol. The summed E-state index contributed by atoms with van der Waals surface area (Å²) < 4.78 is 69.4. The molecule has 5 rings (SSSR count). The van der Waals surface area contributed by atoms with E-state index in [1.165, 1.54) is 6.92 Å². The van der Waals surface area contributed by atoms with Gasteiger partial charge in [-0.15, -0.1) is 0 Å². The van der Waals surface area contributed by atoms with Gasteiger partial charge in [-0.2, -0.15) is 0 Å². The van der Waals surface area contributed by atoms with E-state index in [9.17, 15) is 39.9 Å². The molecule has 0 aromatic carbocycles. The minimum Gasteiger partial charge on any atom is -0.463 e. The normalized spacial score (nSPS) is 36.4. The lowest BCUT2D eigenvalue weighted by Gasteiger charge is -2.46. The standard InChI is InChI=1S/C46H76O20/c1-26(58-43-39(36(53)34(51)30(60-43)24-56-28(3)48)62-42-37(54)35(52)33(50)29(59-42)23-55-27(2)47)21-19-17-15-13-11-9-8-10-12-14-16-18-20-22-32(49)57-25-31-38-40(64-45(4,5)63-38)41-44(61-31)66-46(6,7)65-41/h8-9,26,29-31,33-44,50-54H,10-25H2,1-7H3/b9-8-/t26?,29-,30-,31-,33-,34-,35+,36+,37-,38+,39-,40+,41-,42+,43-,44-/m1/s1. The van der Waals surface area contributed by atoms with Gasteiger partial charge < -0.3 is 82.4 Å². The number of hydrogen-bond donors (Lipinski definition) is 5. The summed E-state index contributed by atoms with van der Waals surface area (Å²) in [5, 5.41) is 53.5. The topological polar surface area (TPSA) is 263 Å². The number of carbonyl (C=O) groups excluding carboxylic acids is 3. The van der Waals surface area contributed by atoms with Crippen LogP contribution in [0.3, 0.4) is 0 Å². The Hall–Kier alpha value is -2.41. The lowest BCUT2D eigenvalue weighted by atomic mass is 9.97. The van der Waals surface area contributed by atoms with Crippen molar-refractivity contribution in [3.63, 3.8) is 0 Å². The number of fused-ring (bicyclic) bond motifs is 3. The Morgan fingerprint density at radius 2 is 1.08 bits per heavy atom. The summed E-state index contributed by atoms with van der Waals surface area (Å²) in [6.07, 6.45) is -2.01. The molecule has 0 saturated carbocycles. The lowest BCUT2D eigenvalue weighted by Crippen LogP contribution is -2.65. The van der Waals surface area contributed by atoms with Crippen molar-refractivity contribution in [2.24, 2.45) is 0 Å². The smallest absolute Gasteiger partial charge is 0.305 e. The third kappa shape index (κ3) is 16.1. The number of ether oxygens (including phenoxy) is 12. The van der Waals surface area contributed by atoms with Gasteiger partial charge in [0.2, 0.25) is 0 Å². The summed E-state index contributed by atoms with van der Waals surface area (Å²) in [5.41, 5.74) is 0. The van der Waals surface area contributed by atoms with Gasteiger partial charge in [0.25, 0.3) is 0 Å². The van der Waals surface area contributed by atoms with E-state index in [0.29, 0.717) is 12.8 Å². The largest absolute Gasteiger partial charge is 0.463 e. The number of rotatable bonds is 25. The van der Waals surface area contributed by atoms with Crippen LogP contribution >= 0.6 is 0 Å². The molecule has 0 aromatic rings. The number of aliphatic hydroxyl groups excluding tert-OH is 5. The van der Waals surface area contributed by atoms with Crippen molar-refractivity contribution in [1.29, 1.82) is 0 Å². The molecule has 5 heterocycles. The van der Waals surface area contributed by atoms with Gasteiger partial charge in [0, 0.05) is 20.3 Å². The minimum atomic E-state index is -1.79. The van der Waals surface area contributed by atoms with Crippen molar-refractivity contribution < 1.29 is 96.8 Å². The van der Waals surface area contributed by atoms with Gasteiger partial charge in [-0.3, -0.25) is 14.4 Å². The number of hydrogen-bond acceptors (Lipinski definition) is 20. The fourth-order valence-corrected chi connectivity index (χ4v) is 8.73. The van der Waals surface area contributed by atoms with Crippen LogP contribution in [0.15, 0.2) is 12.2 Å². The van der Waals surface area contributed by atoms with E-state index in [2.05, 4.69) is 12.2 Å². The van der Waals surface area contributed by atoms with Crippen LogP contribution in [0.2, 0.25) is 0 Å². The zero-order valence-corrected chi connectivity index (χ0v) is 39.6. The zero-order chi connectivity index (χ0) is 48.2. The van der Waals surface area contributed by atoms with Gasteiger partial charge in [-0.1, -0.05) is 50.7 Å². The number of carbonyl (C=O) groups is 3. The van der Waals surface area contributed by atoms with Gasteiger partial charge >= 0.3 is 17.9 Å². The molecule has 0 aromatic heterocycles. The van der Waals surface area contributed by atoms with E-state index in [1.54, 1.807) is 0 Å². The molecule has 20 heteroatoms. The van der Waals surface area contributed by atoms with E-state index in [0.717, 1.165) is 77.6 Å². The molecular formula is C46H76O20. The molecule has 5 aliphatic heterocycles. The number of esters is 3. The summed E-state index contributed by atoms with van der Waals surface area (Å²) in [5.74, 6) is -3.17. The summed E-state index contributed by atoms with van der Waals surface area (Å²) in [7, 11) is 0. The van der Waals surface area contributed by atoms with Crippen LogP contribution in [0, 0.1) is 0 Å². The maximum atomic E-state index is 12.6. The van der Waals surface area contributed by atoms with E-state index in [1.807, 2.05) is 34.6 Å². The Bertz CT molecular complexity index is 1540. The lowest BCUT2D eigenvalue weighted by molar-refractivity contribution is -0.371. The van der Waals surface area contributed by atoms with Crippen LogP contribution in [-0.2, 0) is 71.2 Å². The highest BCUT2D eigenvalue weighted by molar-refractivity contribution is 5.69. The molecule has 0 bridgehead atoms. The molecule has 20 nitrogen and oxygen atoms in total. The second kappa shape index (κ2) is 25.4. The van der Waals surface area contributed by atoms with E-state index >= 15 is 0 Å². The Morgan fingerprint density at radius 3 is 1.71 bits per heavy atom. The maximum Gasteiger partial charge on any atom is 0.305 e. The SMILES string of the molecule is CC(=O)OC[C@H]1O[C@@H](O[C@H]2[C@H](OC(C)CCCCCC/C=C\CCCCCCCC(=O)OC[C@H]3O[C@@H]4OC(C)(C)O[C@@H]4[C@H]4OC(C)(C)O[C@H]43)O[C@H](COC(C)=O)[C@@H](O)[C@@H]2O)[C@H](O)[C@@H](O)[C@@H]1O. The van der Waals surface area contributed by atoms with Crippen LogP contribution in [-0.4, -0.2) is 173 Å². The number of unbranched alkanes of at least 4 members (excludes halogenated alkanes) is 9. The highest BCUT2D eigenvalue weighted by Gasteiger charge is 2.61. The average molecular weight is 949 g/mol.